The lowest BCUT2D eigenvalue weighted by molar-refractivity contribution is 0.228. The van der Waals surface area contributed by atoms with E-state index in [0.29, 0.717) is 6.42 Å². The van der Waals surface area contributed by atoms with Gasteiger partial charge in [0.15, 0.2) is 11.5 Å². The Hall–Kier alpha value is -2.82. The number of nitrogens with zero attached hydrogens (tertiary/aromatic N) is 2. The van der Waals surface area contributed by atoms with E-state index in [9.17, 15) is 0 Å². The second kappa shape index (κ2) is 7.60. The van der Waals surface area contributed by atoms with Gasteiger partial charge in [0, 0.05) is 28.8 Å². The molecule has 2 aromatic carbocycles. The lowest BCUT2D eigenvalue weighted by Crippen LogP contribution is -2.13. The third kappa shape index (κ3) is 3.57. The first-order valence-electron chi connectivity index (χ1n) is 8.66. The third-order valence-electron chi connectivity index (χ3n) is 4.17. The summed E-state index contributed by atoms with van der Waals surface area (Å²) in [6, 6.07) is 11.8. The SMILES string of the molecule is COc1ccc(C2=NN=C(C)Cc3c2ccc(OC)c3OC(C)C)cc1. The number of hydrogen-bond donors (Lipinski definition) is 0. The van der Waals surface area contributed by atoms with Crippen LogP contribution in [0.1, 0.15) is 37.5 Å². The van der Waals surface area contributed by atoms with E-state index in [1.807, 2.05) is 57.2 Å². The zero-order chi connectivity index (χ0) is 18.7. The molecule has 0 fully saturated rings. The van der Waals surface area contributed by atoms with Crippen LogP contribution in [0.15, 0.2) is 46.6 Å². The predicted octanol–water partition coefficient (Wildman–Crippen LogP) is 4.26. The van der Waals surface area contributed by atoms with E-state index < -0.39 is 0 Å². The van der Waals surface area contributed by atoms with Gasteiger partial charge >= 0.3 is 0 Å². The average Bonchev–Trinajstić information content (AvgIpc) is 2.80. The molecule has 0 unspecified atom stereocenters. The topological polar surface area (TPSA) is 52.4 Å². The predicted molar refractivity (Wildman–Crippen MR) is 104 cm³/mol. The molecule has 0 atom stereocenters. The smallest absolute Gasteiger partial charge is 0.165 e. The second-order valence-corrected chi connectivity index (χ2v) is 6.48. The monoisotopic (exact) mass is 352 g/mol. The highest BCUT2D eigenvalue weighted by atomic mass is 16.5. The quantitative estimate of drug-likeness (QED) is 0.808. The van der Waals surface area contributed by atoms with Crippen LogP contribution in [0.5, 0.6) is 17.2 Å². The molecule has 0 amide bonds. The first-order chi connectivity index (χ1) is 12.5. The van der Waals surface area contributed by atoms with Crippen molar-refractivity contribution >= 4 is 11.4 Å². The van der Waals surface area contributed by atoms with E-state index in [-0.39, 0.29) is 6.10 Å². The Kier molecular flexibility index (Phi) is 5.26. The van der Waals surface area contributed by atoms with Gasteiger partial charge in [-0.25, -0.2) is 0 Å². The summed E-state index contributed by atoms with van der Waals surface area (Å²) in [5, 5.41) is 8.91. The maximum absolute atomic E-state index is 6.10. The van der Waals surface area contributed by atoms with Crippen molar-refractivity contribution in [3.8, 4) is 17.2 Å². The van der Waals surface area contributed by atoms with Gasteiger partial charge in [0.25, 0.3) is 0 Å². The summed E-state index contributed by atoms with van der Waals surface area (Å²) in [6.45, 7) is 5.99. The normalized spacial score (nSPS) is 13.5. The Morgan fingerprint density at radius 3 is 2.27 bits per heavy atom. The maximum Gasteiger partial charge on any atom is 0.165 e. The summed E-state index contributed by atoms with van der Waals surface area (Å²) in [4.78, 5) is 0. The highest BCUT2D eigenvalue weighted by Gasteiger charge is 2.23. The van der Waals surface area contributed by atoms with Crippen LogP contribution in [-0.2, 0) is 6.42 Å². The van der Waals surface area contributed by atoms with E-state index in [1.165, 1.54) is 0 Å². The van der Waals surface area contributed by atoms with Gasteiger partial charge in [-0.15, -0.1) is 5.10 Å². The molecule has 0 aromatic heterocycles. The molecule has 3 rings (SSSR count). The van der Waals surface area contributed by atoms with Crippen LogP contribution >= 0.6 is 0 Å². The first kappa shape index (κ1) is 18.0. The standard InChI is InChI=1S/C21H24N2O3/c1-13(2)26-21-18-12-14(3)22-23-20(17(18)10-11-19(21)25-5)15-6-8-16(24-4)9-7-15/h6-11,13H,12H2,1-5H3. The number of fused-ring (bicyclic) bond motifs is 1. The minimum atomic E-state index is 0.0391. The molecule has 0 N–H and O–H groups in total. The molecule has 1 aliphatic rings. The third-order valence-corrected chi connectivity index (χ3v) is 4.17. The molecule has 0 saturated carbocycles. The van der Waals surface area contributed by atoms with E-state index in [1.54, 1.807) is 14.2 Å². The molecule has 5 heteroatoms. The first-order valence-corrected chi connectivity index (χ1v) is 8.66. The molecule has 2 aromatic rings. The van der Waals surface area contributed by atoms with Crippen LogP contribution < -0.4 is 14.2 Å². The fourth-order valence-corrected chi connectivity index (χ4v) is 2.97. The van der Waals surface area contributed by atoms with Crippen molar-refractivity contribution in [1.82, 2.24) is 0 Å². The van der Waals surface area contributed by atoms with E-state index in [0.717, 1.165) is 45.4 Å². The summed E-state index contributed by atoms with van der Waals surface area (Å²) < 4.78 is 16.9. The molecule has 0 saturated heterocycles. The second-order valence-electron chi connectivity index (χ2n) is 6.48. The minimum Gasteiger partial charge on any atom is -0.497 e. The number of hydrogen-bond acceptors (Lipinski definition) is 5. The Morgan fingerprint density at radius 2 is 1.65 bits per heavy atom. The molecule has 5 nitrogen and oxygen atoms in total. The lowest BCUT2D eigenvalue weighted by Gasteiger charge is -2.20. The Bertz CT molecular complexity index is 852. The molecule has 1 heterocycles. The van der Waals surface area contributed by atoms with Crippen molar-refractivity contribution < 1.29 is 14.2 Å². The number of ether oxygens (including phenoxy) is 3. The highest BCUT2D eigenvalue weighted by Crippen LogP contribution is 2.37. The van der Waals surface area contributed by atoms with Crippen molar-refractivity contribution in [2.45, 2.75) is 33.3 Å². The van der Waals surface area contributed by atoms with Gasteiger partial charge in [-0.3, -0.25) is 0 Å². The summed E-state index contributed by atoms with van der Waals surface area (Å²) in [7, 11) is 3.31. The van der Waals surface area contributed by atoms with Crippen LogP contribution in [0.3, 0.4) is 0 Å². The Morgan fingerprint density at radius 1 is 0.923 bits per heavy atom. The zero-order valence-electron chi connectivity index (χ0n) is 15.9. The molecule has 0 spiro atoms. The van der Waals surface area contributed by atoms with Gasteiger partial charge in [-0.2, -0.15) is 5.10 Å². The van der Waals surface area contributed by atoms with Gasteiger partial charge in [-0.1, -0.05) is 0 Å². The lowest BCUT2D eigenvalue weighted by atomic mass is 9.94. The van der Waals surface area contributed by atoms with Crippen molar-refractivity contribution in [1.29, 1.82) is 0 Å². The number of rotatable bonds is 5. The van der Waals surface area contributed by atoms with Gasteiger partial charge in [0.2, 0.25) is 0 Å². The molecule has 26 heavy (non-hydrogen) atoms. The van der Waals surface area contributed by atoms with Crippen LogP contribution in [0.2, 0.25) is 0 Å². The summed E-state index contributed by atoms with van der Waals surface area (Å²) in [5.74, 6) is 2.29. The van der Waals surface area contributed by atoms with Gasteiger partial charge in [0.05, 0.1) is 20.3 Å². The Balaban J connectivity index is 2.17. The fraction of sp³-hybridized carbons (Fsp3) is 0.333. The van der Waals surface area contributed by atoms with E-state index >= 15 is 0 Å². The van der Waals surface area contributed by atoms with Crippen molar-refractivity contribution in [2.75, 3.05) is 14.2 Å². The molecule has 0 aliphatic carbocycles. The molecule has 1 aliphatic heterocycles. The highest BCUT2D eigenvalue weighted by molar-refractivity contribution is 6.15. The van der Waals surface area contributed by atoms with Gasteiger partial charge < -0.3 is 14.2 Å². The molecule has 0 bridgehead atoms. The van der Waals surface area contributed by atoms with Crippen molar-refractivity contribution in [2.24, 2.45) is 10.2 Å². The van der Waals surface area contributed by atoms with Crippen LogP contribution in [-0.4, -0.2) is 31.7 Å². The van der Waals surface area contributed by atoms with Crippen LogP contribution in [0.4, 0.5) is 0 Å². The molecule has 136 valence electrons. The van der Waals surface area contributed by atoms with Crippen molar-refractivity contribution in [3.05, 3.63) is 53.1 Å². The summed E-state index contributed by atoms with van der Waals surface area (Å²) in [5.41, 5.74) is 4.78. The summed E-state index contributed by atoms with van der Waals surface area (Å²) >= 11 is 0. The molecular weight excluding hydrogens is 328 g/mol. The van der Waals surface area contributed by atoms with Crippen molar-refractivity contribution in [3.63, 3.8) is 0 Å². The zero-order valence-corrected chi connectivity index (χ0v) is 15.9. The van der Waals surface area contributed by atoms with E-state index in [2.05, 4.69) is 10.2 Å². The molecular formula is C21H24N2O3. The maximum atomic E-state index is 6.10. The van der Waals surface area contributed by atoms with Crippen LogP contribution in [0.25, 0.3) is 0 Å². The van der Waals surface area contributed by atoms with Gasteiger partial charge in [-0.05, 0) is 57.2 Å². The van der Waals surface area contributed by atoms with Crippen LogP contribution in [0, 0.1) is 0 Å². The molecule has 0 radical (unpaired) electrons. The largest absolute Gasteiger partial charge is 0.497 e. The average molecular weight is 352 g/mol. The van der Waals surface area contributed by atoms with Gasteiger partial charge in [0.1, 0.15) is 11.5 Å². The van der Waals surface area contributed by atoms with E-state index in [4.69, 9.17) is 14.2 Å². The Labute approximate surface area is 154 Å². The number of benzene rings is 2. The fourth-order valence-electron chi connectivity index (χ4n) is 2.97. The number of methoxy groups -OCH3 is 2. The summed E-state index contributed by atoms with van der Waals surface area (Å²) in [6.07, 6.45) is 0.704. The minimum absolute atomic E-state index is 0.0391.